The minimum absolute atomic E-state index is 0. The molecule has 3 heterocycles. The molecule has 0 amide bonds. The molecule has 37 heteroatoms. The minimum Gasteiger partial charge on any atom is -1.00 e. The quantitative estimate of drug-likeness (QED) is 0.00274. The third kappa shape index (κ3) is 43.0. The summed E-state index contributed by atoms with van der Waals surface area (Å²) in [4.78, 5) is 53.2. The molecule has 9 N–H and O–H groups in total. The van der Waals surface area contributed by atoms with E-state index in [-0.39, 0.29) is 97.8 Å². The Balaban J connectivity index is -0.000000472. The summed E-state index contributed by atoms with van der Waals surface area (Å²) in [6, 6.07) is 40.2. The Morgan fingerprint density at radius 1 is 0.394 bits per heavy atom. The van der Waals surface area contributed by atoms with Crippen LogP contribution in [0.5, 0.6) is 28.7 Å². The molecule has 11 rings (SSSR count). The zero-order valence-electron chi connectivity index (χ0n) is 74.7. The number of rotatable bonds is 40. The molecule has 0 atom stereocenters. The maximum atomic E-state index is 10.9. The number of hydrogen-bond acceptors (Lipinski definition) is 22. The van der Waals surface area contributed by atoms with E-state index in [1.54, 1.807) is 91.9 Å². The summed E-state index contributed by atoms with van der Waals surface area (Å²) in [5.74, 6) is 8.30. The Morgan fingerprint density at radius 2 is 0.652 bits per heavy atom. The number of halogens is 10. The number of carbonyl (C=O) groups is 3. The van der Waals surface area contributed by atoms with Gasteiger partial charge in [-0.1, -0.05) is 258 Å². The van der Waals surface area contributed by atoms with Gasteiger partial charge in [0.1, 0.15) is 28.7 Å². The van der Waals surface area contributed by atoms with E-state index in [4.69, 9.17) is 203 Å². The van der Waals surface area contributed by atoms with Crippen LogP contribution < -0.4 is 64.9 Å². The van der Waals surface area contributed by atoms with E-state index in [0.29, 0.717) is 165 Å². The number of aliphatic hydroxyl groups is 1. The number of hydrogen-bond donors (Lipinski definition) is 5. The van der Waals surface area contributed by atoms with Crippen molar-refractivity contribution in [3.05, 3.63) is 226 Å². The second kappa shape index (κ2) is 69.6. The molecule has 3 aromatic heterocycles. The molecule has 0 radical (unpaired) electrons. The number of ether oxygens (including phenoxy) is 5. The van der Waals surface area contributed by atoms with Crippen LogP contribution in [0, 0.1) is 26.0 Å². The zero-order chi connectivity index (χ0) is 95.0. The Labute approximate surface area is 853 Å². The molecule has 0 aliphatic rings. The first-order chi connectivity index (χ1) is 62.3. The number of amidine groups is 1. The molecule has 0 aliphatic heterocycles. The Hall–Kier alpha value is -9.26. The molecule has 8 aromatic carbocycles. The van der Waals surface area contributed by atoms with Gasteiger partial charge in [-0.15, -0.1) is 12.8 Å². The van der Waals surface area contributed by atoms with Crippen LogP contribution in [0.1, 0.15) is 223 Å². The minimum atomic E-state index is -0.797. The molecule has 0 bridgehead atoms. The third-order valence-electron chi connectivity index (χ3n) is 17.8. The summed E-state index contributed by atoms with van der Waals surface area (Å²) < 4.78 is 46.4. The summed E-state index contributed by atoms with van der Waals surface area (Å²) in [6.45, 7) is 29.4. The average molecular weight is 2030 g/mol. The van der Waals surface area contributed by atoms with E-state index in [0.717, 1.165) is 77.0 Å². The van der Waals surface area contributed by atoms with Crippen LogP contribution in [0.3, 0.4) is 0 Å². The van der Waals surface area contributed by atoms with Gasteiger partial charge in [0.05, 0.1) is 76.3 Å². The standard InChI is InChI=1S/C48H51Cl3N6O6.C13H19ClN2O2.C13H16ClNO.C9H3Cl3O3.C7H3Cl2N.C2H6O.C2H2.CH4.H3NO.Na.H2O.5H2.H/c1-4-7-10-13-22-58-40-19-16-31(28-37(40)49)43-52-46(61-55-43)34-25-35(47-53-44(56-62-47)32-17-20-41(38(50)29-32)59-23-14-11-8-5-2)27-36(26-34)48-54-45(57-63-48)33-18-21-42(39(51)30-33)60-24-15-12-9-6-3;1-2-3-4-5-8-18-12-7-6-10(9-11(12)14)13(15)16-17;1-3-4-5-6-9-16-13-8-7-11(15-2)10-12(13)14;10-7(13)4-1-5(8(11)14)3-6(2-4)9(12)15;1-10-5-2-3-6(8)7(9)4-5;1-2-3;1-2;;1-2;;;;;;;;/h16-21,25-30H,4-15,22-24H2,1-3H3;6-7,9,17H,2-5,8H2,1H3,(H2,15,16);7-8,10H,3-6,9H2,1H3;1-3H;2-4H;3H,2H2,1H3;1-2H;1H4;2H,1H2;;1H2;5*1H;/q;;;;;;;;;+1;;;;;;;-1. The van der Waals surface area contributed by atoms with E-state index in [9.17, 15) is 14.4 Å². The summed E-state index contributed by atoms with van der Waals surface area (Å²) in [6.07, 6.45) is 30.5. The topological polar surface area (TPSA) is 379 Å². The number of unbranched alkanes of at least 4 members (excludes halogenated alkanes) is 15. The monoisotopic (exact) mass is 2030 g/mol. The van der Waals surface area contributed by atoms with E-state index in [1.165, 1.54) is 75.6 Å². The van der Waals surface area contributed by atoms with Crippen molar-refractivity contribution in [1.82, 2.24) is 30.4 Å². The zero-order valence-corrected chi connectivity index (χ0v) is 83.2. The molecular weight excluding hydrogens is 1910 g/mol. The fraction of sp³-hybridized carbons (Fsp3) is 0.347. The number of terminal acetylenes is 1. The van der Waals surface area contributed by atoms with Crippen LogP contribution in [0.15, 0.2) is 164 Å². The molecule has 716 valence electrons. The maximum Gasteiger partial charge on any atom is 1.00 e. The first-order valence-corrected chi connectivity index (χ1v) is 45.1. The number of benzene rings is 8. The van der Waals surface area contributed by atoms with Gasteiger partial charge in [-0.05, 0) is 201 Å². The number of oxime groups is 1. The van der Waals surface area contributed by atoms with E-state index >= 15 is 0 Å². The summed E-state index contributed by atoms with van der Waals surface area (Å²) >= 11 is 58.8. The fourth-order valence-electron chi connectivity index (χ4n) is 11.2. The van der Waals surface area contributed by atoms with Gasteiger partial charge in [-0.3, -0.25) is 14.4 Å². The number of aromatic nitrogens is 6. The van der Waals surface area contributed by atoms with E-state index in [1.807, 2.05) is 36.4 Å². The Kier molecular flexibility index (Phi) is 63.6. The third-order valence-corrected chi connectivity index (χ3v) is 20.7. The first kappa shape index (κ1) is 121. The van der Waals surface area contributed by atoms with Crippen LogP contribution in [-0.4, -0.2) is 113 Å². The molecule has 0 unspecified atom stereocenters. The van der Waals surface area contributed by atoms with Gasteiger partial charge in [-0.2, -0.15) is 15.0 Å². The molecule has 0 fully saturated rings. The van der Waals surface area contributed by atoms with Crippen molar-refractivity contribution in [3.8, 4) is 110 Å². The van der Waals surface area contributed by atoms with E-state index in [2.05, 4.69) is 83.7 Å². The molecule has 26 nitrogen and oxygen atoms in total. The van der Waals surface area contributed by atoms with Gasteiger partial charge in [-0.25, -0.2) is 15.6 Å². The fourth-order valence-corrected chi connectivity index (χ4v) is 13.0. The predicted molar refractivity (Wildman–Crippen MR) is 538 cm³/mol. The van der Waals surface area contributed by atoms with Crippen molar-refractivity contribution >= 4 is 149 Å². The van der Waals surface area contributed by atoms with Crippen LogP contribution in [-0.2, 0) is 0 Å². The number of carbonyl (C=O) groups excluding carboxylic acids is 3. The van der Waals surface area contributed by atoms with Crippen molar-refractivity contribution in [1.29, 1.82) is 0 Å². The molecule has 132 heavy (non-hydrogen) atoms. The Morgan fingerprint density at radius 3 is 0.894 bits per heavy atom. The predicted octanol–water partition coefficient (Wildman–Crippen LogP) is 27.0. The van der Waals surface area contributed by atoms with Crippen molar-refractivity contribution in [2.75, 3.05) is 39.6 Å². The molecular formula is C95H120Cl10N11NaO15. The van der Waals surface area contributed by atoms with Crippen molar-refractivity contribution < 1.29 is 111 Å². The van der Waals surface area contributed by atoms with Crippen LogP contribution in [0.4, 0.5) is 11.4 Å². The molecule has 0 spiro atoms. The van der Waals surface area contributed by atoms with Crippen molar-refractivity contribution in [2.45, 2.75) is 177 Å². The van der Waals surface area contributed by atoms with Gasteiger partial charge < -0.3 is 65.4 Å². The molecule has 0 saturated heterocycles. The number of aliphatic hydroxyl groups excluding tert-OH is 1. The largest absolute Gasteiger partial charge is 1.00 e. The molecule has 0 saturated carbocycles. The van der Waals surface area contributed by atoms with Crippen molar-refractivity contribution in [3.63, 3.8) is 0 Å². The van der Waals surface area contributed by atoms with Gasteiger partial charge >= 0.3 is 29.6 Å². The van der Waals surface area contributed by atoms with Gasteiger partial charge in [0.15, 0.2) is 17.2 Å². The number of nitrogens with two attached hydrogens (primary N) is 2. The second-order valence-corrected chi connectivity index (χ2v) is 31.4. The summed E-state index contributed by atoms with van der Waals surface area (Å²) in [5, 5.41) is 39.3. The summed E-state index contributed by atoms with van der Waals surface area (Å²) in [5.41, 5.74) is 10.6. The van der Waals surface area contributed by atoms with Crippen LogP contribution in [0.25, 0.3) is 78.2 Å². The van der Waals surface area contributed by atoms with Gasteiger partial charge in [0, 0.05) is 74.4 Å². The van der Waals surface area contributed by atoms with E-state index < -0.39 is 15.7 Å². The SMILES string of the molecule is C.C#C.CCCCCCOc1ccc(-c2noc(-c3cc(-c4nc(-c5ccc(OCCCCCC)c(Cl)c5)no4)cc(-c4nc(-c5ccc(OCCCCCC)c(Cl)c5)no4)c3)n2)cc1Cl.CCCCCCOc1ccc(C(N)=NO)cc1Cl.CCO.NO.O.O=C(Cl)c1cc(C(=O)Cl)cc(C(=O)Cl)c1.[C-]#[N+]c1ccc(Cl)c(Cl)c1.[C-]#[N+]c1ccc(OCCCCCC)c(Cl)c1.[H-].[HH].[HH].[HH].[HH].[HH].[Na+]. The van der Waals surface area contributed by atoms with Crippen LogP contribution >= 0.6 is 116 Å². The van der Waals surface area contributed by atoms with Gasteiger partial charge in [0.25, 0.3) is 33.4 Å². The second-order valence-electron chi connectivity index (χ2n) is 27.6. The van der Waals surface area contributed by atoms with Crippen molar-refractivity contribution in [2.24, 2.45) is 16.8 Å². The molecule has 0 aliphatic carbocycles. The number of nitrogens with zero attached hydrogens (tertiary/aromatic N) is 9. The molecule has 11 aromatic rings. The first-order valence-electron chi connectivity index (χ1n) is 41.3. The summed E-state index contributed by atoms with van der Waals surface area (Å²) in [7, 11) is 0. The normalized spacial score (nSPS) is 10.2. The van der Waals surface area contributed by atoms with Crippen LogP contribution in [0.2, 0.25) is 35.2 Å². The average Bonchev–Trinajstić information content (AvgIpc) is 1.63. The maximum absolute atomic E-state index is 10.9. The Bertz CT molecular complexity index is 5090. The van der Waals surface area contributed by atoms with Gasteiger partial charge in [0.2, 0.25) is 17.5 Å². The smallest absolute Gasteiger partial charge is 1.00 e.